The quantitative estimate of drug-likeness (QED) is 0.366. The number of hydrogen-bond acceptors (Lipinski definition) is 7. The monoisotopic (exact) mass is 476 g/mol. The van der Waals surface area contributed by atoms with Gasteiger partial charge < -0.3 is 19.4 Å². The van der Waals surface area contributed by atoms with Gasteiger partial charge in [-0.25, -0.2) is 13.6 Å². The number of rotatable bonds is 9. The Balaban J connectivity index is 1.55. The van der Waals surface area contributed by atoms with Gasteiger partial charge in [-0.05, 0) is 50.2 Å². The van der Waals surface area contributed by atoms with Crippen molar-refractivity contribution >= 4 is 29.3 Å². The van der Waals surface area contributed by atoms with Crippen LogP contribution in [-0.2, 0) is 16.6 Å². The molecule has 0 spiro atoms. The van der Waals surface area contributed by atoms with Crippen molar-refractivity contribution in [2.45, 2.75) is 25.1 Å². The van der Waals surface area contributed by atoms with Crippen molar-refractivity contribution in [1.82, 2.24) is 14.8 Å². The molecule has 1 aromatic heterocycles. The van der Waals surface area contributed by atoms with Crippen LogP contribution < -0.4 is 10.1 Å². The second-order valence-corrected chi connectivity index (χ2v) is 7.81. The van der Waals surface area contributed by atoms with E-state index in [0.29, 0.717) is 22.2 Å². The number of nitrogens with zero attached hydrogens (tertiary/aromatic N) is 3. The smallest absolute Gasteiger partial charge is 0.338 e. The zero-order valence-electron chi connectivity index (χ0n) is 18.2. The lowest BCUT2D eigenvalue weighted by molar-refractivity contribution is -0.113. The summed E-state index contributed by atoms with van der Waals surface area (Å²) < 4.78 is 39.0. The maximum atomic E-state index is 13.8. The molecule has 0 bridgehead atoms. The Hall–Kier alpha value is -3.47. The average molecular weight is 477 g/mol. The minimum atomic E-state index is -0.814. The normalized spacial score (nSPS) is 11.7. The van der Waals surface area contributed by atoms with Crippen molar-refractivity contribution in [3.8, 4) is 5.75 Å². The molecule has 2 aromatic carbocycles. The van der Waals surface area contributed by atoms with E-state index in [0.717, 1.165) is 23.9 Å². The molecule has 0 aliphatic heterocycles. The summed E-state index contributed by atoms with van der Waals surface area (Å²) in [5.41, 5.74) is 0.934. The summed E-state index contributed by atoms with van der Waals surface area (Å²) in [5.74, 6) is -1.84. The van der Waals surface area contributed by atoms with Crippen LogP contribution in [0.15, 0.2) is 47.6 Å². The summed E-state index contributed by atoms with van der Waals surface area (Å²) in [4.78, 5) is 24.0. The fourth-order valence-electron chi connectivity index (χ4n) is 2.85. The fourth-order valence-corrected chi connectivity index (χ4v) is 3.57. The highest BCUT2D eigenvalue weighted by atomic mass is 32.2. The number of halogens is 2. The van der Waals surface area contributed by atoms with E-state index in [1.807, 2.05) is 0 Å². The molecule has 1 unspecified atom stereocenters. The summed E-state index contributed by atoms with van der Waals surface area (Å²) >= 11 is 1.16. The van der Waals surface area contributed by atoms with Crippen LogP contribution in [0.2, 0.25) is 0 Å². The maximum Gasteiger partial charge on any atom is 0.338 e. The van der Waals surface area contributed by atoms with Gasteiger partial charge in [-0.1, -0.05) is 11.8 Å². The molecule has 1 N–H and O–H groups in total. The summed E-state index contributed by atoms with van der Waals surface area (Å²) in [6.07, 6.45) is -0.663. The summed E-state index contributed by atoms with van der Waals surface area (Å²) in [7, 11) is 1.70. The Morgan fingerprint density at radius 2 is 1.88 bits per heavy atom. The van der Waals surface area contributed by atoms with Crippen molar-refractivity contribution in [3.05, 3.63) is 65.5 Å². The van der Waals surface area contributed by atoms with Gasteiger partial charge in [-0.2, -0.15) is 0 Å². The fraction of sp³-hybridized carbons (Fsp3) is 0.273. The molecule has 0 radical (unpaired) electrons. The molecule has 33 heavy (non-hydrogen) atoms. The Morgan fingerprint density at radius 1 is 1.15 bits per heavy atom. The molecule has 1 atom stereocenters. The van der Waals surface area contributed by atoms with Gasteiger partial charge in [0.1, 0.15) is 5.82 Å². The van der Waals surface area contributed by atoms with E-state index in [1.165, 1.54) is 6.07 Å². The third-order valence-corrected chi connectivity index (χ3v) is 5.46. The van der Waals surface area contributed by atoms with Gasteiger partial charge in [0.15, 0.2) is 28.7 Å². The molecule has 1 amide bonds. The maximum absolute atomic E-state index is 13.8. The van der Waals surface area contributed by atoms with E-state index in [2.05, 4.69) is 15.5 Å². The van der Waals surface area contributed by atoms with Gasteiger partial charge in [0.25, 0.3) is 0 Å². The minimum absolute atomic E-state index is 0.0629. The number of ether oxygens (including phenoxy) is 2. The number of aromatic nitrogens is 3. The first-order valence-corrected chi connectivity index (χ1v) is 11.0. The number of carbonyl (C=O) groups is 2. The van der Waals surface area contributed by atoms with Crippen LogP contribution in [0.5, 0.6) is 5.75 Å². The molecule has 0 aliphatic carbocycles. The van der Waals surface area contributed by atoms with Crippen LogP contribution in [0.1, 0.15) is 36.1 Å². The molecule has 11 heteroatoms. The minimum Gasteiger partial charge on any atom is -0.480 e. The van der Waals surface area contributed by atoms with Gasteiger partial charge in [0, 0.05) is 18.8 Å². The van der Waals surface area contributed by atoms with Crippen LogP contribution in [-0.4, -0.2) is 39.0 Å². The second-order valence-electron chi connectivity index (χ2n) is 6.87. The molecule has 1 heterocycles. The van der Waals surface area contributed by atoms with Gasteiger partial charge >= 0.3 is 5.97 Å². The van der Waals surface area contributed by atoms with Crippen molar-refractivity contribution in [3.63, 3.8) is 0 Å². The Kier molecular flexibility index (Phi) is 7.99. The number of esters is 1. The molecule has 0 saturated carbocycles. The van der Waals surface area contributed by atoms with Gasteiger partial charge in [-0.15, -0.1) is 10.2 Å². The third-order valence-electron chi connectivity index (χ3n) is 4.44. The molecule has 3 rings (SSSR count). The summed E-state index contributed by atoms with van der Waals surface area (Å²) in [6.45, 7) is 3.67. The lowest BCUT2D eigenvalue weighted by Gasteiger charge is -2.14. The first-order valence-electron chi connectivity index (χ1n) is 9.99. The molecule has 0 saturated heterocycles. The molecule has 3 aromatic rings. The van der Waals surface area contributed by atoms with E-state index in [4.69, 9.17) is 9.47 Å². The third kappa shape index (κ3) is 6.28. The highest BCUT2D eigenvalue weighted by molar-refractivity contribution is 7.99. The van der Waals surface area contributed by atoms with Gasteiger partial charge in [-0.3, -0.25) is 4.79 Å². The highest BCUT2D eigenvalue weighted by Crippen LogP contribution is 2.26. The van der Waals surface area contributed by atoms with E-state index >= 15 is 0 Å². The van der Waals surface area contributed by atoms with Crippen LogP contribution in [0.3, 0.4) is 0 Å². The van der Waals surface area contributed by atoms with E-state index in [9.17, 15) is 18.4 Å². The molecule has 174 valence electrons. The highest BCUT2D eigenvalue weighted by Gasteiger charge is 2.19. The van der Waals surface area contributed by atoms with Gasteiger partial charge in [0.2, 0.25) is 5.91 Å². The first-order chi connectivity index (χ1) is 15.8. The first kappa shape index (κ1) is 24.2. The van der Waals surface area contributed by atoms with Crippen molar-refractivity contribution in [1.29, 1.82) is 0 Å². The Bertz CT molecular complexity index is 1140. The largest absolute Gasteiger partial charge is 0.480 e. The zero-order chi connectivity index (χ0) is 24.0. The van der Waals surface area contributed by atoms with Crippen molar-refractivity contribution in [2.24, 2.45) is 7.05 Å². The van der Waals surface area contributed by atoms with Crippen LogP contribution >= 0.6 is 11.8 Å². The predicted octanol–water partition coefficient (Wildman–Crippen LogP) is 4.14. The Morgan fingerprint density at radius 3 is 2.55 bits per heavy atom. The van der Waals surface area contributed by atoms with E-state index in [1.54, 1.807) is 49.7 Å². The predicted molar refractivity (Wildman–Crippen MR) is 118 cm³/mol. The molecular weight excluding hydrogens is 454 g/mol. The molecule has 0 aliphatic rings. The zero-order valence-corrected chi connectivity index (χ0v) is 19.0. The van der Waals surface area contributed by atoms with Crippen LogP contribution in [0.25, 0.3) is 0 Å². The Labute approximate surface area is 193 Å². The van der Waals surface area contributed by atoms with Crippen LogP contribution in [0, 0.1) is 11.6 Å². The number of thioether (sulfide) groups is 1. The standard InChI is InChI=1S/C22H22F2N4O4S/c1-4-31-21(30)14-5-8-16(9-6-14)25-19(29)12-33-22-27-26-20(28(22)3)13(2)32-18-10-7-15(23)11-17(18)24/h5-11,13H,4,12H2,1-3H3,(H,25,29). The summed E-state index contributed by atoms with van der Waals surface area (Å²) in [6, 6.07) is 9.42. The number of hydrogen-bond donors (Lipinski definition) is 1. The molecule has 8 nitrogen and oxygen atoms in total. The van der Waals surface area contributed by atoms with E-state index < -0.39 is 23.7 Å². The number of benzene rings is 2. The SMILES string of the molecule is CCOC(=O)c1ccc(NC(=O)CSc2nnc(C(C)Oc3ccc(F)cc3F)n2C)cc1. The number of nitrogens with one attached hydrogen (secondary N) is 1. The topological polar surface area (TPSA) is 95.3 Å². The summed E-state index contributed by atoms with van der Waals surface area (Å²) in [5, 5.41) is 11.3. The number of carbonyl (C=O) groups excluding carboxylic acids is 2. The average Bonchev–Trinajstić information content (AvgIpc) is 3.15. The van der Waals surface area contributed by atoms with E-state index in [-0.39, 0.29) is 24.0 Å². The van der Waals surface area contributed by atoms with Crippen LogP contribution in [0.4, 0.5) is 14.5 Å². The molecule has 0 fully saturated rings. The second kappa shape index (κ2) is 10.9. The molecular formula is C22H22F2N4O4S. The lowest BCUT2D eigenvalue weighted by Crippen LogP contribution is -2.15. The number of anilines is 1. The van der Waals surface area contributed by atoms with Gasteiger partial charge in [0.05, 0.1) is 17.9 Å². The van der Waals surface area contributed by atoms with Crippen molar-refractivity contribution < 1.29 is 27.8 Å². The number of amides is 1. The van der Waals surface area contributed by atoms with Crippen molar-refractivity contribution in [2.75, 3.05) is 17.7 Å². The lowest BCUT2D eigenvalue weighted by atomic mass is 10.2.